The number of hydrogen-bond donors (Lipinski definition) is 2. The Morgan fingerprint density at radius 2 is 2.04 bits per heavy atom. The molecule has 0 amide bonds. The maximum absolute atomic E-state index is 11.8. The average Bonchev–Trinajstić information content (AvgIpc) is 2.63. The van der Waals surface area contributed by atoms with Crippen LogP contribution < -0.4 is 10.2 Å². The Hall–Kier alpha value is -1.95. The van der Waals surface area contributed by atoms with Crippen LogP contribution in [0.5, 0.6) is 5.75 Å². The maximum atomic E-state index is 11.8. The lowest BCUT2D eigenvalue weighted by Crippen LogP contribution is -2.33. The standard InChI is InChI=1S/C22H31N3O2S/c1-6-25(7-2)15-8-9-16(20(27)10-15)23-17-11-22(4,5)12-18-21(17)28-13-19(24-18)14(3)26/h8-10,19,23,27H,6-7,11-13H2,1-5H3. The van der Waals surface area contributed by atoms with Crippen LogP contribution in [0, 0.1) is 5.41 Å². The molecule has 0 radical (unpaired) electrons. The van der Waals surface area contributed by atoms with Gasteiger partial charge in [-0.2, -0.15) is 0 Å². The lowest BCUT2D eigenvalue weighted by Gasteiger charge is -2.37. The molecule has 1 aliphatic carbocycles. The molecule has 152 valence electrons. The molecular formula is C22H31N3O2S. The normalized spacial score (nSPS) is 21.0. The predicted octanol–water partition coefficient (Wildman–Crippen LogP) is 4.83. The first-order valence-corrected chi connectivity index (χ1v) is 11.0. The first-order valence-electron chi connectivity index (χ1n) is 10.0. The van der Waals surface area contributed by atoms with E-state index in [2.05, 4.69) is 37.9 Å². The molecule has 1 atom stereocenters. The second kappa shape index (κ2) is 8.19. The fourth-order valence-electron chi connectivity index (χ4n) is 3.87. The molecule has 0 fully saturated rings. The number of phenolic OH excluding ortho intramolecular Hbond substituents is 1. The number of rotatable bonds is 6. The molecule has 5 nitrogen and oxygen atoms in total. The number of ketones is 1. The topological polar surface area (TPSA) is 64.9 Å². The molecule has 1 aromatic rings. The third-order valence-corrected chi connectivity index (χ3v) is 6.65. The monoisotopic (exact) mass is 401 g/mol. The molecule has 0 spiro atoms. The highest BCUT2D eigenvalue weighted by atomic mass is 32.2. The second-order valence-corrected chi connectivity index (χ2v) is 9.37. The van der Waals surface area contributed by atoms with Gasteiger partial charge in [0.1, 0.15) is 11.8 Å². The van der Waals surface area contributed by atoms with Crippen LogP contribution >= 0.6 is 11.8 Å². The number of thioether (sulfide) groups is 1. The zero-order chi connectivity index (χ0) is 20.5. The van der Waals surface area contributed by atoms with Gasteiger partial charge in [0.05, 0.1) is 11.4 Å². The Labute approximate surface area is 172 Å². The van der Waals surface area contributed by atoms with Gasteiger partial charge in [0, 0.05) is 41.2 Å². The molecule has 1 unspecified atom stereocenters. The number of aliphatic imine (C=N–C) groups is 1. The van der Waals surface area contributed by atoms with Gasteiger partial charge in [0.25, 0.3) is 0 Å². The number of nitrogens with one attached hydrogen (secondary N) is 1. The Morgan fingerprint density at radius 3 is 2.64 bits per heavy atom. The summed E-state index contributed by atoms with van der Waals surface area (Å²) in [5.74, 6) is 1.07. The van der Waals surface area contributed by atoms with E-state index in [0.29, 0.717) is 11.4 Å². The number of allylic oxidation sites excluding steroid dienone is 2. The van der Waals surface area contributed by atoms with Crippen molar-refractivity contribution in [3.8, 4) is 5.75 Å². The average molecular weight is 402 g/mol. The number of anilines is 2. The highest BCUT2D eigenvalue weighted by Crippen LogP contribution is 2.44. The van der Waals surface area contributed by atoms with Crippen LogP contribution in [0.2, 0.25) is 0 Å². The van der Waals surface area contributed by atoms with Crippen LogP contribution in [0.25, 0.3) is 0 Å². The van der Waals surface area contributed by atoms with Crippen molar-refractivity contribution in [3.63, 3.8) is 0 Å². The van der Waals surface area contributed by atoms with Gasteiger partial charge in [-0.25, -0.2) is 0 Å². The van der Waals surface area contributed by atoms with E-state index < -0.39 is 0 Å². The Bertz CT molecular complexity index is 825. The first-order chi connectivity index (χ1) is 13.2. The first kappa shape index (κ1) is 20.8. The van der Waals surface area contributed by atoms with Gasteiger partial charge in [-0.3, -0.25) is 9.79 Å². The summed E-state index contributed by atoms with van der Waals surface area (Å²) in [5, 5.41) is 14.1. The lowest BCUT2D eigenvalue weighted by molar-refractivity contribution is -0.117. The smallest absolute Gasteiger partial charge is 0.155 e. The zero-order valence-electron chi connectivity index (χ0n) is 17.5. The summed E-state index contributed by atoms with van der Waals surface area (Å²) in [7, 11) is 0. The molecule has 2 aliphatic rings. The minimum Gasteiger partial charge on any atom is -0.506 e. The van der Waals surface area contributed by atoms with E-state index in [9.17, 15) is 9.90 Å². The summed E-state index contributed by atoms with van der Waals surface area (Å²) < 4.78 is 0. The Morgan fingerprint density at radius 1 is 1.32 bits per heavy atom. The lowest BCUT2D eigenvalue weighted by atomic mass is 9.78. The number of nitrogens with zero attached hydrogens (tertiary/aromatic N) is 2. The van der Waals surface area contributed by atoms with Crippen LogP contribution in [-0.2, 0) is 4.79 Å². The Kier molecular flexibility index (Phi) is 6.08. The molecule has 0 saturated heterocycles. The van der Waals surface area contributed by atoms with Crippen molar-refractivity contribution < 1.29 is 9.90 Å². The summed E-state index contributed by atoms with van der Waals surface area (Å²) >= 11 is 1.71. The number of phenols is 1. The molecule has 28 heavy (non-hydrogen) atoms. The summed E-state index contributed by atoms with van der Waals surface area (Å²) in [5.41, 5.74) is 3.90. The van der Waals surface area contributed by atoms with Crippen molar-refractivity contribution in [2.24, 2.45) is 10.4 Å². The van der Waals surface area contributed by atoms with Gasteiger partial charge in [-0.1, -0.05) is 13.8 Å². The number of benzene rings is 1. The summed E-state index contributed by atoms with van der Waals surface area (Å²) in [6.45, 7) is 12.1. The SMILES string of the molecule is CCN(CC)c1ccc(NC2=C3SCC(C(C)=O)N=C3CC(C)(C)C2)c(O)c1. The van der Waals surface area contributed by atoms with Crippen LogP contribution in [0.3, 0.4) is 0 Å². The van der Waals surface area contributed by atoms with E-state index in [1.807, 2.05) is 18.2 Å². The minimum absolute atomic E-state index is 0.0562. The van der Waals surface area contributed by atoms with E-state index in [-0.39, 0.29) is 23.0 Å². The largest absolute Gasteiger partial charge is 0.506 e. The molecule has 3 rings (SSSR count). The molecular weight excluding hydrogens is 370 g/mol. The number of hydrogen-bond acceptors (Lipinski definition) is 6. The van der Waals surface area contributed by atoms with Crippen molar-refractivity contribution >= 4 is 34.6 Å². The van der Waals surface area contributed by atoms with Crippen molar-refractivity contribution in [1.29, 1.82) is 0 Å². The van der Waals surface area contributed by atoms with E-state index in [1.165, 1.54) is 0 Å². The Balaban J connectivity index is 1.92. The predicted molar refractivity (Wildman–Crippen MR) is 120 cm³/mol. The zero-order valence-corrected chi connectivity index (χ0v) is 18.3. The van der Waals surface area contributed by atoms with Crippen LogP contribution in [0.1, 0.15) is 47.5 Å². The van der Waals surface area contributed by atoms with E-state index in [1.54, 1.807) is 18.7 Å². The summed E-state index contributed by atoms with van der Waals surface area (Å²) in [4.78, 5) is 19.9. The van der Waals surface area contributed by atoms with Gasteiger partial charge in [0.2, 0.25) is 0 Å². The molecule has 1 heterocycles. The number of Topliss-reactive ketones (excluding diaryl/α,β-unsaturated/α-hetero) is 1. The fraction of sp³-hybridized carbons (Fsp3) is 0.545. The highest BCUT2D eigenvalue weighted by Gasteiger charge is 2.35. The van der Waals surface area contributed by atoms with Crippen LogP contribution in [0.15, 0.2) is 33.8 Å². The fourth-order valence-corrected chi connectivity index (χ4v) is 5.10. The molecule has 1 aliphatic heterocycles. The van der Waals surface area contributed by atoms with Crippen molar-refractivity contribution in [2.75, 3.05) is 29.1 Å². The van der Waals surface area contributed by atoms with Crippen LogP contribution in [-0.4, -0.2) is 41.5 Å². The third-order valence-electron chi connectivity index (χ3n) is 5.40. The van der Waals surface area contributed by atoms with Crippen molar-refractivity contribution in [2.45, 2.75) is 53.5 Å². The quantitative estimate of drug-likeness (QED) is 0.669. The molecule has 1 aromatic carbocycles. The number of carbonyl (C=O) groups excluding carboxylic acids is 1. The minimum atomic E-state index is -0.236. The summed E-state index contributed by atoms with van der Waals surface area (Å²) in [6, 6.07) is 5.58. The van der Waals surface area contributed by atoms with Gasteiger partial charge < -0.3 is 15.3 Å². The molecule has 2 N–H and O–H groups in total. The summed E-state index contributed by atoms with van der Waals surface area (Å²) in [6.07, 6.45) is 1.76. The third kappa shape index (κ3) is 4.37. The van der Waals surface area contributed by atoms with Crippen molar-refractivity contribution in [1.82, 2.24) is 0 Å². The molecule has 0 bridgehead atoms. The van der Waals surface area contributed by atoms with Gasteiger partial charge in [-0.15, -0.1) is 11.8 Å². The molecule has 0 aromatic heterocycles. The van der Waals surface area contributed by atoms with Crippen LogP contribution in [0.4, 0.5) is 11.4 Å². The van der Waals surface area contributed by atoms with E-state index in [0.717, 1.165) is 47.9 Å². The van der Waals surface area contributed by atoms with E-state index in [4.69, 9.17) is 4.99 Å². The molecule has 6 heteroatoms. The number of carbonyl (C=O) groups is 1. The molecule has 0 saturated carbocycles. The maximum Gasteiger partial charge on any atom is 0.155 e. The highest BCUT2D eigenvalue weighted by molar-refractivity contribution is 8.04. The second-order valence-electron chi connectivity index (χ2n) is 8.34. The number of fused-ring (bicyclic) bond motifs is 1. The van der Waals surface area contributed by atoms with Gasteiger partial charge >= 0.3 is 0 Å². The van der Waals surface area contributed by atoms with Crippen molar-refractivity contribution in [3.05, 3.63) is 28.8 Å². The van der Waals surface area contributed by atoms with Gasteiger partial charge in [0.15, 0.2) is 5.78 Å². The number of aromatic hydroxyl groups is 1. The van der Waals surface area contributed by atoms with Gasteiger partial charge in [-0.05, 0) is 51.2 Å². The van der Waals surface area contributed by atoms with E-state index >= 15 is 0 Å².